The van der Waals surface area contributed by atoms with Gasteiger partial charge in [0.1, 0.15) is 0 Å². The molecule has 0 saturated heterocycles. The van der Waals surface area contributed by atoms with Crippen LogP contribution in [-0.4, -0.2) is 29.6 Å². The molecule has 0 atom stereocenters. The van der Waals surface area contributed by atoms with Crippen LogP contribution in [0.3, 0.4) is 0 Å². The van der Waals surface area contributed by atoms with Gasteiger partial charge >= 0.3 is 18.0 Å². The lowest BCUT2D eigenvalue weighted by Gasteiger charge is -2.30. The molecular formula is C19H14F6N2O2. The van der Waals surface area contributed by atoms with Crippen LogP contribution in [0.1, 0.15) is 27.9 Å². The Morgan fingerprint density at radius 3 is 2.07 bits per heavy atom. The van der Waals surface area contributed by atoms with E-state index in [4.69, 9.17) is 0 Å². The number of rotatable bonds is 4. The van der Waals surface area contributed by atoms with Crippen LogP contribution in [0.5, 0.6) is 0 Å². The standard InChI is InChI=1S/C19H14F6N2O2/c20-18(21,22)17(19(23,24)25)10-15(27-29-17)13-6-8-14(9-7-13)16(28)26-11-12-4-2-1-3-5-12/h1-9H,10-11H2,(H,26,28). The molecule has 4 nitrogen and oxygen atoms in total. The minimum Gasteiger partial charge on any atom is -0.369 e. The average molecular weight is 416 g/mol. The molecule has 1 aliphatic heterocycles. The number of alkyl halides is 6. The van der Waals surface area contributed by atoms with E-state index in [1.807, 2.05) is 30.3 Å². The van der Waals surface area contributed by atoms with Crippen molar-refractivity contribution in [1.82, 2.24) is 5.32 Å². The third-order valence-corrected chi connectivity index (χ3v) is 4.42. The molecule has 0 saturated carbocycles. The summed E-state index contributed by atoms with van der Waals surface area (Å²) in [5.41, 5.74) is -3.82. The summed E-state index contributed by atoms with van der Waals surface area (Å²) in [6.45, 7) is 0.266. The summed E-state index contributed by atoms with van der Waals surface area (Å²) in [5.74, 6) is -0.440. The minimum atomic E-state index is -5.69. The van der Waals surface area contributed by atoms with Gasteiger partial charge in [0.05, 0.1) is 12.1 Å². The van der Waals surface area contributed by atoms with Gasteiger partial charge in [-0.3, -0.25) is 4.79 Å². The van der Waals surface area contributed by atoms with Gasteiger partial charge < -0.3 is 10.2 Å². The highest BCUT2D eigenvalue weighted by atomic mass is 19.4. The van der Waals surface area contributed by atoms with Gasteiger partial charge in [-0.15, -0.1) is 0 Å². The number of halogens is 6. The van der Waals surface area contributed by atoms with Crippen LogP contribution in [0.25, 0.3) is 0 Å². The summed E-state index contributed by atoms with van der Waals surface area (Å²) in [5, 5.41) is 5.68. The molecule has 0 aliphatic carbocycles. The van der Waals surface area contributed by atoms with Crippen molar-refractivity contribution in [2.75, 3.05) is 0 Å². The molecule has 3 rings (SSSR count). The molecule has 29 heavy (non-hydrogen) atoms. The zero-order valence-electron chi connectivity index (χ0n) is 14.6. The van der Waals surface area contributed by atoms with Crippen molar-refractivity contribution in [2.24, 2.45) is 5.16 Å². The van der Waals surface area contributed by atoms with E-state index in [2.05, 4.69) is 15.3 Å². The largest absolute Gasteiger partial charge is 0.440 e. The van der Waals surface area contributed by atoms with Gasteiger partial charge in [-0.25, -0.2) is 0 Å². The highest BCUT2D eigenvalue weighted by Gasteiger charge is 2.76. The second-order valence-corrected chi connectivity index (χ2v) is 6.37. The normalized spacial score (nSPS) is 16.1. The van der Waals surface area contributed by atoms with Crippen molar-refractivity contribution in [3.8, 4) is 0 Å². The highest BCUT2D eigenvalue weighted by Crippen LogP contribution is 2.51. The molecule has 1 aliphatic rings. The zero-order chi connectivity index (χ0) is 21.3. The van der Waals surface area contributed by atoms with E-state index in [0.717, 1.165) is 5.56 Å². The molecular weight excluding hydrogens is 402 g/mol. The van der Waals surface area contributed by atoms with E-state index in [0.29, 0.717) is 0 Å². The summed E-state index contributed by atoms with van der Waals surface area (Å²) < 4.78 is 78.1. The fourth-order valence-electron chi connectivity index (χ4n) is 2.75. The second kappa shape index (κ2) is 7.41. The van der Waals surface area contributed by atoms with Crippen LogP contribution < -0.4 is 5.32 Å². The lowest BCUT2D eigenvalue weighted by atomic mass is 9.92. The summed E-state index contributed by atoms with van der Waals surface area (Å²) >= 11 is 0. The topological polar surface area (TPSA) is 50.7 Å². The van der Waals surface area contributed by atoms with Crippen LogP contribution in [0.2, 0.25) is 0 Å². The van der Waals surface area contributed by atoms with Crippen LogP contribution in [-0.2, 0) is 11.4 Å². The Morgan fingerprint density at radius 1 is 0.966 bits per heavy atom. The summed E-state index contributed by atoms with van der Waals surface area (Å²) in [4.78, 5) is 16.0. The van der Waals surface area contributed by atoms with Crippen LogP contribution in [0.4, 0.5) is 26.3 Å². The SMILES string of the molecule is O=C(NCc1ccccc1)c1ccc(C2=NOC(C(F)(F)F)(C(F)(F)F)C2)cc1. The molecule has 10 heteroatoms. The van der Waals surface area contributed by atoms with E-state index in [9.17, 15) is 31.1 Å². The molecule has 1 amide bonds. The van der Waals surface area contributed by atoms with E-state index < -0.39 is 36.0 Å². The van der Waals surface area contributed by atoms with Crippen LogP contribution in [0, 0.1) is 0 Å². The molecule has 1 N–H and O–H groups in total. The minimum absolute atomic E-state index is 0.0000145. The lowest BCUT2D eigenvalue weighted by Crippen LogP contribution is -2.56. The maximum absolute atomic E-state index is 13.0. The number of carbonyl (C=O) groups excluding carboxylic acids is 1. The summed E-state index contributed by atoms with van der Waals surface area (Å²) in [7, 11) is 0. The van der Waals surface area contributed by atoms with Gasteiger partial charge in [0.15, 0.2) is 0 Å². The van der Waals surface area contributed by atoms with E-state index in [1.165, 1.54) is 24.3 Å². The Hall–Kier alpha value is -3.04. The Labute approximate surface area is 161 Å². The fourth-order valence-corrected chi connectivity index (χ4v) is 2.75. The van der Waals surface area contributed by atoms with Gasteiger partial charge in [0.2, 0.25) is 0 Å². The van der Waals surface area contributed by atoms with Crippen molar-refractivity contribution in [3.63, 3.8) is 0 Å². The third kappa shape index (κ3) is 4.06. The van der Waals surface area contributed by atoms with Crippen molar-refractivity contribution in [3.05, 3.63) is 71.3 Å². The number of amides is 1. The first kappa shape index (κ1) is 20.7. The second-order valence-electron chi connectivity index (χ2n) is 6.37. The molecule has 2 aromatic carbocycles. The number of nitrogens with zero attached hydrogens (tertiary/aromatic N) is 1. The Kier molecular flexibility index (Phi) is 5.29. The molecule has 0 fully saturated rings. The monoisotopic (exact) mass is 416 g/mol. The maximum Gasteiger partial charge on any atom is 0.440 e. The number of oxime groups is 1. The predicted octanol–water partition coefficient (Wildman–Crippen LogP) is 4.60. The molecule has 0 radical (unpaired) electrons. The smallest absolute Gasteiger partial charge is 0.369 e. The Bertz CT molecular complexity index is 891. The number of hydrogen-bond donors (Lipinski definition) is 1. The van der Waals surface area contributed by atoms with E-state index in [1.54, 1.807) is 0 Å². The summed E-state index contributed by atoms with van der Waals surface area (Å²) in [6.07, 6.45) is -12.9. The van der Waals surface area contributed by atoms with Gasteiger partial charge in [0.25, 0.3) is 5.91 Å². The first-order valence-corrected chi connectivity index (χ1v) is 8.34. The lowest BCUT2D eigenvalue weighted by molar-refractivity contribution is -0.373. The van der Waals surface area contributed by atoms with Crippen LogP contribution in [0.15, 0.2) is 59.8 Å². The first-order valence-electron chi connectivity index (χ1n) is 8.34. The van der Waals surface area contributed by atoms with E-state index >= 15 is 0 Å². The number of hydrogen-bond acceptors (Lipinski definition) is 3. The highest BCUT2D eigenvalue weighted by molar-refractivity contribution is 6.03. The molecule has 1 heterocycles. The van der Waals surface area contributed by atoms with Crippen molar-refractivity contribution in [1.29, 1.82) is 0 Å². The molecule has 154 valence electrons. The average Bonchev–Trinajstić information content (AvgIpc) is 3.14. The number of benzene rings is 2. The molecule has 0 aromatic heterocycles. The van der Waals surface area contributed by atoms with Gasteiger partial charge in [-0.05, 0) is 23.3 Å². The first-order chi connectivity index (χ1) is 13.5. The van der Waals surface area contributed by atoms with Gasteiger partial charge in [0, 0.05) is 12.1 Å². The fraction of sp³-hybridized carbons (Fsp3) is 0.263. The number of carbonyl (C=O) groups is 1. The van der Waals surface area contributed by atoms with Gasteiger partial charge in [-0.2, -0.15) is 26.3 Å². The molecule has 0 unspecified atom stereocenters. The molecule has 2 aromatic rings. The predicted molar refractivity (Wildman–Crippen MR) is 91.1 cm³/mol. The Morgan fingerprint density at radius 2 is 1.55 bits per heavy atom. The summed E-state index contributed by atoms with van der Waals surface area (Å²) in [6, 6.07) is 14.1. The van der Waals surface area contributed by atoms with Crippen LogP contribution >= 0.6 is 0 Å². The van der Waals surface area contributed by atoms with Crippen molar-refractivity contribution < 1.29 is 36.0 Å². The maximum atomic E-state index is 13.0. The van der Waals surface area contributed by atoms with Gasteiger partial charge in [-0.1, -0.05) is 47.6 Å². The molecule has 0 spiro atoms. The Balaban J connectivity index is 1.70. The molecule has 0 bridgehead atoms. The third-order valence-electron chi connectivity index (χ3n) is 4.42. The van der Waals surface area contributed by atoms with E-state index in [-0.39, 0.29) is 17.7 Å². The quantitative estimate of drug-likeness (QED) is 0.741. The van der Waals surface area contributed by atoms with Crippen molar-refractivity contribution >= 4 is 11.6 Å². The van der Waals surface area contributed by atoms with Crippen molar-refractivity contribution in [2.45, 2.75) is 30.9 Å². The number of nitrogens with one attached hydrogen (secondary N) is 1. The zero-order valence-corrected chi connectivity index (χ0v) is 14.6.